The monoisotopic (exact) mass is 246 g/mol. The predicted molar refractivity (Wildman–Crippen MR) is 59.5 cm³/mol. The minimum Gasteiger partial charge on any atom is -0.314 e. The van der Waals surface area contributed by atoms with E-state index in [9.17, 15) is 8.78 Å². The van der Waals surface area contributed by atoms with Crippen molar-refractivity contribution in [2.45, 2.75) is 6.54 Å². The highest BCUT2D eigenvalue weighted by molar-refractivity contribution is 6.30. The molecule has 1 aromatic rings. The highest BCUT2D eigenvalue weighted by Crippen LogP contribution is 2.21. The summed E-state index contributed by atoms with van der Waals surface area (Å²) in [6, 6.07) is 2.21. The molecule has 1 aromatic carbocycles. The van der Waals surface area contributed by atoms with Crippen molar-refractivity contribution in [3.63, 3.8) is 0 Å². The lowest BCUT2D eigenvalue weighted by atomic mass is 10.2. The summed E-state index contributed by atoms with van der Waals surface area (Å²) in [5, 5.41) is 3.05. The summed E-state index contributed by atoms with van der Waals surface area (Å²) in [6.45, 7) is 3.85. The summed E-state index contributed by atoms with van der Waals surface area (Å²) in [4.78, 5) is 2.07. The van der Waals surface area contributed by atoms with Crippen LogP contribution < -0.4 is 5.32 Å². The first-order chi connectivity index (χ1) is 7.66. The van der Waals surface area contributed by atoms with Gasteiger partial charge in [0.1, 0.15) is 11.6 Å². The number of hydrogen-bond acceptors (Lipinski definition) is 2. The van der Waals surface area contributed by atoms with Crippen LogP contribution in [0, 0.1) is 11.6 Å². The van der Waals surface area contributed by atoms with Gasteiger partial charge in [0.2, 0.25) is 0 Å². The van der Waals surface area contributed by atoms with Crippen molar-refractivity contribution in [2.75, 3.05) is 26.2 Å². The Labute approximate surface area is 98.2 Å². The SMILES string of the molecule is Fc1cc(Cl)c(F)c(CN2CCNCC2)c1. The molecule has 0 atom stereocenters. The highest BCUT2D eigenvalue weighted by Gasteiger charge is 2.15. The maximum atomic E-state index is 13.6. The third-order valence-corrected chi connectivity index (χ3v) is 2.95. The smallest absolute Gasteiger partial charge is 0.146 e. The zero-order chi connectivity index (χ0) is 11.5. The van der Waals surface area contributed by atoms with E-state index in [-0.39, 0.29) is 5.02 Å². The first-order valence-corrected chi connectivity index (χ1v) is 5.61. The van der Waals surface area contributed by atoms with Crippen LogP contribution in [0.25, 0.3) is 0 Å². The Morgan fingerprint density at radius 2 is 1.94 bits per heavy atom. The van der Waals surface area contributed by atoms with Gasteiger partial charge in [0.15, 0.2) is 0 Å². The average molecular weight is 247 g/mol. The van der Waals surface area contributed by atoms with E-state index >= 15 is 0 Å². The topological polar surface area (TPSA) is 15.3 Å². The minimum absolute atomic E-state index is 0.148. The molecular weight excluding hydrogens is 234 g/mol. The predicted octanol–water partition coefficient (Wildman–Crippen LogP) is 2.02. The van der Waals surface area contributed by atoms with Crippen LogP contribution in [-0.4, -0.2) is 31.1 Å². The molecule has 1 heterocycles. The van der Waals surface area contributed by atoms with Crippen molar-refractivity contribution < 1.29 is 8.78 Å². The van der Waals surface area contributed by atoms with Gasteiger partial charge in [-0.05, 0) is 12.1 Å². The third kappa shape index (κ3) is 2.70. The molecule has 1 saturated heterocycles. The second kappa shape index (κ2) is 5.08. The van der Waals surface area contributed by atoms with E-state index in [1.165, 1.54) is 6.07 Å². The molecule has 88 valence electrons. The summed E-state index contributed by atoms with van der Waals surface area (Å²) >= 11 is 5.59. The molecular formula is C11H13ClF2N2. The first-order valence-electron chi connectivity index (χ1n) is 5.23. The van der Waals surface area contributed by atoms with Crippen LogP contribution in [-0.2, 0) is 6.54 Å². The Bertz CT molecular complexity index is 378. The van der Waals surface area contributed by atoms with E-state index in [1.807, 2.05) is 0 Å². The van der Waals surface area contributed by atoms with Crippen LogP contribution in [0.2, 0.25) is 5.02 Å². The molecule has 1 aliphatic heterocycles. The fourth-order valence-electron chi connectivity index (χ4n) is 1.83. The number of halogens is 3. The number of rotatable bonds is 2. The molecule has 0 saturated carbocycles. The zero-order valence-electron chi connectivity index (χ0n) is 8.77. The first kappa shape index (κ1) is 11.8. The highest BCUT2D eigenvalue weighted by atomic mass is 35.5. The summed E-state index contributed by atoms with van der Waals surface area (Å²) in [5.74, 6) is -1.00. The van der Waals surface area contributed by atoms with Gasteiger partial charge >= 0.3 is 0 Å². The maximum Gasteiger partial charge on any atom is 0.146 e. The van der Waals surface area contributed by atoms with Crippen molar-refractivity contribution in [3.8, 4) is 0 Å². The summed E-state index contributed by atoms with van der Waals surface area (Å²) in [5.41, 5.74) is 0.326. The molecule has 0 aromatic heterocycles. The Hall–Kier alpha value is -0.710. The van der Waals surface area contributed by atoms with Crippen LogP contribution in [0.5, 0.6) is 0 Å². The van der Waals surface area contributed by atoms with Gasteiger partial charge in [0.05, 0.1) is 5.02 Å². The fraction of sp³-hybridized carbons (Fsp3) is 0.455. The molecule has 0 radical (unpaired) electrons. The van der Waals surface area contributed by atoms with E-state index in [2.05, 4.69) is 10.2 Å². The van der Waals surface area contributed by atoms with E-state index in [0.717, 1.165) is 32.2 Å². The van der Waals surface area contributed by atoms with E-state index in [4.69, 9.17) is 11.6 Å². The number of hydrogen-bond donors (Lipinski definition) is 1. The van der Waals surface area contributed by atoms with E-state index < -0.39 is 11.6 Å². The molecule has 0 bridgehead atoms. The summed E-state index contributed by atoms with van der Waals surface area (Å²) in [7, 11) is 0. The number of benzene rings is 1. The van der Waals surface area contributed by atoms with Gasteiger partial charge in [0.25, 0.3) is 0 Å². The van der Waals surface area contributed by atoms with Gasteiger partial charge < -0.3 is 5.32 Å². The van der Waals surface area contributed by atoms with Crippen molar-refractivity contribution in [2.24, 2.45) is 0 Å². The normalized spacial score (nSPS) is 17.7. The van der Waals surface area contributed by atoms with Gasteiger partial charge in [0, 0.05) is 38.3 Å². The van der Waals surface area contributed by atoms with Crippen LogP contribution in [0.4, 0.5) is 8.78 Å². The van der Waals surface area contributed by atoms with Crippen molar-refractivity contribution in [3.05, 3.63) is 34.4 Å². The summed E-state index contributed by atoms with van der Waals surface area (Å²) < 4.78 is 26.7. The van der Waals surface area contributed by atoms with Gasteiger partial charge in [-0.25, -0.2) is 8.78 Å². The molecule has 1 fully saturated rings. The van der Waals surface area contributed by atoms with Gasteiger partial charge in [-0.1, -0.05) is 11.6 Å². The van der Waals surface area contributed by atoms with Gasteiger partial charge in [-0.15, -0.1) is 0 Å². The summed E-state index contributed by atoms with van der Waals surface area (Å²) in [6.07, 6.45) is 0. The molecule has 1 N–H and O–H groups in total. The molecule has 0 spiro atoms. The number of piperazine rings is 1. The average Bonchev–Trinajstić information content (AvgIpc) is 2.27. The molecule has 0 unspecified atom stereocenters. The van der Waals surface area contributed by atoms with E-state index in [1.54, 1.807) is 0 Å². The fourth-order valence-corrected chi connectivity index (χ4v) is 2.06. The zero-order valence-corrected chi connectivity index (χ0v) is 9.53. The lowest BCUT2D eigenvalue weighted by Crippen LogP contribution is -2.43. The van der Waals surface area contributed by atoms with Crippen molar-refractivity contribution in [1.29, 1.82) is 0 Å². The van der Waals surface area contributed by atoms with Crippen molar-refractivity contribution in [1.82, 2.24) is 10.2 Å². The largest absolute Gasteiger partial charge is 0.314 e. The van der Waals surface area contributed by atoms with Gasteiger partial charge in [-0.2, -0.15) is 0 Å². The van der Waals surface area contributed by atoms with Crippen LogP contribution in [0.1, 0.15) is 5.56 Å². The molecule has 16 heavy (non-hydrogen) atoms. The standard InChI is InChI=1S/C11H13ClF2N2/c12-10-6-9(13)5-8(11(10)14)7-16-3-1-15-2-4-16/h5-6,15H,1-4,7H2. The molecule has 0 amide bonds. The number of nitrogens with one attached hydrogen (secondary N) is 1. The molecule has 5 heteroatoms. The Morgan fingerprint density at radius 1 is 1.25 bits per heavy atom. The quantitative estimate of drug-likeness (QED) is 0.804. The molecule has 2 rings (SSSR count). The Morgan fingerprint density at radius 3 is 2.62 bits per heavy atom. The Balaban J connectivity index is 2.13. The van der Waals surface area contributed by atoms with Gasteiger partial charge in [-0.3, -0.25) is 4.90 Å². The molecule has 0 aliphatic carbocycles. The Kier molecular flexibility index (Phi) is 3.74. The maximum absolute atomic E-state index is 13.6. The molecule has 2 nitrogen and oxygen atoms in total. The minimum atomic E-state index is -0.512. The van der Waals surface area contributed by atoms with Crippen molar-refractivity contribution >= 4 is 11.6 Å². The second-order valence-corrected chi connectivity index (χ2v) is 4.29. The van der Waals surface area contributed by atoms with Crippen LogP contribution in [0.15, 0.2) is 12.1 Å². The lowest BCUT2D eigenvalue weighted by Gasteiger charge is -2.27. The molecule has 1 aliphatic rings. The van der Waals surface area contributed by atoms with Crippen LogP contribution >= 0.6 is 11.6 Å². The lowest BCUT2D eigenvalue weighted by molar-refractivity contribution is 0.230. The van der Waals surface area contributed by atoms with E-state index in [0.29, 0.717) is 12.1 Å². The second-order valence-electron chi connectivity index (χ2n) is 3.89. The third-order valence-electron chi connectivity index (χ3n) is 2.67. The number of nitrogens with zero attached hydrogens (tertiary/aromatic N) is 1. The van der Waals surface area contributed by atoms with Crippen LogP contribution in [0.3, 0.4) is 0 Å².